The van der Waals surface area contributed by atoms with E-state index in [1.165, 1.54) is 22.4 Å². The van der Waals surface area contributed by atoms with Crippen LogP contribution in [0.4, 0.5) is 5.69 Å². The first-order chi connectivity index (χ1) is 8.20. The number of benzene rings is 1. The van der Waals surface area contributed by atoms with E-state index >= 15 is 0 Å². The number of alkyl halides is 1. The first-order valence-electron chi connectivity index (χ1n) is 5.58. The zero-order chi connectivity index (χ0) is 12.3. The van der Waals surface area contributed by atoms with Gasteiger partial charge in [0, 0.05) is 25.2 Å². The highest BCUT2D eigenvalue weighted by Gasteiger charge is 2.06. The second-order valence-electron chi connectivity index (χ2n) is 4.24. The number of aryl methyl sites for hydroxylation is 1. The summed E-state index contributed by atoms with van der Waals surface area (Å²) in [6.07, 6.45) is 0. The Bertz CT molecular complexity index is 479. The van der Waals surface area contributed by atoms with Crippen LogP contribution in [-0.4, -0.2) is 7.05 Å². The average molecular weight is 266 g/mol. The summed E-state index contributed by atoms with van der Waals surface area (Å²) in [6, 6.07) is 8.58. The Labute approximate surface area is 112 Å². The second kappa shape index (κ2) is 5.56. The number of hydrogen-bond donors (Lipinski definition) is 0. The van der Waals surface area contributed by atoms with Crippen LogP contribution in [0.2, 0.25) is 0 Å². The molecule has 1 heterocycles. The van der Waals surface area contributed by atoms with Crippen LogP contribution >= 0.6 is 22.9 Å². The van der Waals surface area contributed by atoms with E-state index < -0.39 is 0 Å². The Morgan fingerprint density at radius 1 is 1.24 bits per heavy atom. The van der Waals surface area contributed by atoms with Gasteiger partial charge in [-0.25, -0.2) is 0 Å². The van der Waals surface area contributed by atoms with E-state index in [2.05, 4.69) is 53.9 Å². The molecule has 90 valence electrons. The summed E-state index contributed by atoms with van der Waals surface area (Å²) >= 11 is 7.58. The third-order valence-electron chi connectivity index (χ3n) is 2.83. The molecule has 0 amide bonds. The highest BCUT2D eigenvalue weighted by Crippen LogP contribution is 2.23. The summed E-state index contributed by atoms with van der Waals surface area (Å²) < 4.78 is 0. The Balaban J connectivity index is 2.16. The minimum Gasteiger partial charge on any atom is -0.370 e. The maximum atomic E-state index is 5.83. The first-order valence-corrected chi connectivity index (χ1v) is 7.06. The lowest BCUT2D eigenvalue weighted by Crippen LogP contribution is -2.17. The number of rotatable bonds is 4. The van der Waals surface area contributed by atoms with Gasteiger partial charge >= 0.3 is 0 Å². The number of halogens is 1. The standard InChI is InChI=1S/C14H16ClNS/c1-11-7-12(8-15)3-4-14(11)16(2)9-13-5-6-17-10-13/h3-7,10H,8-9H2,1-2H3. The molecule has 3 heteroatoms. The van der Waals surface area contributed by atoms with Gasteiger partial charge < -0.3 is 4.90 Å². The average Bonchev–Trinajstić information content (AvgIpc) is 2.81. The molecule has 0 aliphatic rings. The largest absolute Gasteiger partial charge is 0.370 e. The summed E-state index contributed by atoms with van der Waals surface area (Å²) in [4.78, 5) is 2.27. The number of thiophene rings is 1. The predicted molar refractivity (Wildman–Crippen MR) is 77.2 cm³/mol. The highest BCUT2D eigenvalue weighted by atomic mass is 35.5. The van der Waals surface area contributed by atoms with Crippen molar-refractivity contribution in [2.75, 3.05) is 11.9 Å². The van der Waals surface area contributed by atoms with Crippen LogP contribution in [0.5, 0.6) is 0 Å². The molecule has 17 heavy (non-hydrogen) atoms. The Morgan fingerprint density at radius 2 is 2.06 bits per heavy atom. The smallest absolute Gasteiger partial charge is 0.0474 e. The summed E-state index contributed by atoms with van der Waals surface area (Å²) in [7, 11) is 2.13. The van der Waals surface area contributed by atoms with Crippen LogP contribution in [0.15, 0.2) is 35.0 Å². The Hall–Kier alpha value is -0.990. The summed E-state index contributed by atoms with van der Waals surface area (Å²) in [5, 5.41) is 4.31. The Morgan fingerprint density at radius 3 is 2.65 bits per heavy atom. The molecule has 0 atom stereocenters. The molecular weight excluding hydrogens is 250 g/mol. The minimum absolute atomic E-state index is 0.579. The van der Waals surface area contributed by atoms with Crippen LogP contribution < -0.4 is 4.90 Å². The third kappa shape index (κ3) is 3.02. The van der Waals surface area contributed by atoms with Crippen molar-refractivity contribution in [1.29, 1.82) is 0 Å². The molecule has 0 spiro atoms. The van der Waals surface area contributed by atoms with Crippen LogP contribution in [0.1, 0.15) is 16.7 Å². The molecule has 2 aromatic rings. The lowest BCUT2D eigenvalue weighted by atomic mass is 10.1. The quantitative estimate of drug-likeness (QED) is 0.739. The molecule has 0 aliphatic heterocycles. The van der Waals surface area contributed by atoms with Gasteiger partial charge in [0.15, 0.2) is 0 Å². The van der Waals surface area contributed by atoms with Gasteiger partial charge in [0.2, 0.25) is 0 Å². The lowest BCUT2D eigenvalue weighted by molar-refractivity contribution is 0.921. The van der Waals surface area contributed by atoms with Crippen molar-refractivity contribution in [3.05, 3.63) is 51.7 Å². The molecular formula is C14H16ClNS. The Kier molecular flexibility index (Phi) is 4.08. The van der Waals surface area contributed by atoms with Gasteiger partial charge in [0.25, 0.3) is 0 Å². The zero-order valence-electron chi connectivity index (χ0n) is 10.1. The van der Waals surface area contributed by atoms with E-state index in [4.69, 9.17) is 11.6 Å². The third-order valence-corrected chi connectivity index (χ3v) is 3.87. The van der Waals surface area contributed by atoms with Gasteiger partial charge in [0.1, 0.15) is 0 Å². The van der Waals surface area contributed by atoms with Gasteiger partial charge in [-0.15, -0.1) is 11.6 Å². The van der Waals surface area contributed by atoms with E-state index in [0.717, 1.165) is 6.54 Å². The molecule has 0 fully saturated rings. The van der Waals surface area contributed by atoms with Gasteiger partial charge in [0.05, 0.1) is 0 Å². The van der Waals surface area contributed by atoms with Gasteiger partial charge in [-0.2, -0.15) is 11.3 Å². The summed E-state index contributed by atoms with van der Waals surface area (Å²) in [5.41, 5.74) is 5.08. The topological polar surface area (TPSA) is 3.24 Å². The summed E-state index contributed by atoms with van der Waals surface area (Å²) in [6.45, 7) is 3.08. The molecule has 1 aromatic carbocycles. The van der Waals surface area contributed by atoms with E-state index in [9.17, 15) is 0 Å². The van der Waals surface area contributed by atoms with Crippen LogP contribution in [-0.2, 0) is 12.4 Å². The highest BCUT2D eigenvalue weighted by molar-refractivity contribution is 7.07. The molecule has 0 saturated heterocycles. The molecule has 0 N–H and O–H groups in total. The maximum absolute atomic E-state index is 5.83. The van der Waals surface area contributed by atoms with Crippen molar-refractivity contribution in [1.82, 2.24) is 0 Å². The predicted octanol–water partition coefficient (Wildman–Crippen LogP) is 4.43. The summed E-state index contributed by atoms with van der Waals surface area (Å²) in [5.74, 6) is 0.579. The number of nitrogens with zero attached hydrogens (tertiary/aromatic N) is 1. The monoisotopic (exact) mass is 265 g/mol. The van der Waals surface area contributed by atoms with Crippen molar-refractivity contribution in [2.24, 2.45) is 0 Å². The molecule has 0 aliphatic carbocycles. The maximum Gasteiger partial charge on any atom is 0.0474 e. The van der Waals surface area contributed by atoms with Crippen molar-refractivity contribution in [3.8, 4) is 0 Å². The molecule has 0 radical (unpaired) electrons. The lowest BCUT2D eigenvalue weighted by Gasteiger charge is -2.21. The van der Waals surface area contributed by atoms with Crippen molar-refractivity contribution in [3.63, 3.8) is 0 Å². The minimum atomic E-state index is 0.579. The number of anilines is 1. The van der Waals surface area contributed by atoms with Gasteiger partial charge in [-0.3, -0.25) is 0 Å². The fourth-order valence-electron chi connectivity index (χ4n) is 1.97. The second-order valence-corrected chi connectivity index (χ2v) is 5.29. The van der Waals surface area contributed by atoms with Gasteiger partial charge in [-0.05, 0) is 46.5 Å². The van der Waals surface area contributed by atoms with E-state index in [1.807, 2.05) is 0 Å². The van der Waals surface area contributed by atoms with E-state index in [-0.39, 0.29) is 0 Å². The number of hydrogen-bond acceptors (Lipinski definition) is 2. The van der Waals surface area contributed by atoms with Crippen molar-refractivity contribution < 1.29 is 0 Å². The van der Waals surface area contributed by atoms with Gasteiger partial charge in [-0.1, -0.05) is 12.1 Å². The SMILES string of the molecule is Cc1cc(CCl)ccc1N(C)Cc1ccsc1. The van der Waals surface area contributed by atoms with Crippen LogP contribution in [0, 0.1) is 6.92 Å². The van der Waals surface area contributed by atoms with Crippen LogP contribution in [0.3, 0.4) is 0 Å². The fourth-order valence-corrected chi connectivity index (χ4v) is 2.80. The first kappa shape index (κ1) is 12.5. The van der Waals surface area contributed by atoms with E-state index in [0.29, 0.717) is 5.88 Å². The molecule has 0 bridgehead atoms. The fraction of sp³-hybridized carbons (Fsp3) is 0.286. The normalized spacial score (nSPS) is 10.5. The molecule has 0 unspecified atom stereocenters. The van der Waals surface area contributed by atoms with Crippen LogP contribution in [0.25, 0.3) is 0 Å². The zero-order valence-corrected chi connectivity index (χ0v) is 11.7. The van der Waals surface area contributed by atoms with E-state index in [1.54, 1.807) is 11.3 Å². The van der Waals surface area contributed by atoms with Crippen molar-refractivity contribution >= 4 is 28.6 Å². The molecule has 1 nitrogen and oxygen atoms in total. The molecule has 1 aromatic heterocycles. The molecule has 0 saturated carbocycles. The molecule has 2 rings (SSSR count). The van der Waals surface area contributed by atoms with Crippen molar-refractivity contribution in [2.45, 2.75) is 19.3 Å².